The van der Waals surface area contributed by atoms with Crippen molar-refractivity contribution < 1.29 is 19.5 Å². The first-order chi connectivity index (χ1) is 13.6. The van der Waals surface area contributed by atoms with Gasteiger partial charge >= 0.3 is 5.97 Å². The quantitative estimate of drug-likeness (QED) is 0.455. The molecular formula is C23H21NO4. The molecule has 5 heteroatoms. The zero-order valence-electron chi connectivity index (χ0n) is 15.5. The van der Waals surface area contributed by atoms with Gasteiger partial charge in [0.05, 0.1) is 5.71 Å². The van der Waals surface area contributed by atoms with Crippen LogP contribution in [-0.2, 0) is 16.2 Å². The Bertz CT molecular complexity index is 950. The van der Waals surface area contributed by atoms with Crippen LogP contribution in [0, 0.1) is 0 Å². The van der Waals surface area contributed by atoms with Crippen molar-refractivity contribution in [3.05, 3.63) is 90.0 Å². The number of para-hydroxylation sites is 1. The number of rotatable bonds is 8. The van der Waals surface area contributed by atoms with Gasteiger partial charge in [-0.1, -0.05) is 78.0 Å². The molecule has 3 aromatic carbocycles. The molecule has 3 aromatic rings. The lowest BCUT2D eigenvalue weighted by Gasteiger charge is -2.12. The minimum atomic E-state index is -1.06. The van der Waals surface area contributed by atoms with Crippen LogP contribution < -0.4 is 4.74 Å². The van der Waals surface area contributed by atoms with Crippen molar-refractivity contribution in [3.8, 4) is 16.9 Å². The van der Waals surface area contributed by atoms with Gasteiger partial charge in [0, 0.05) is 5.56 Å². The van der Waals surface area contributed by atoms with E-state index in [1.165, 1.54) is 0 Å². The van der Waals surface area contributed by atoms with Gasteiger partial charge in [-0.15, -0.1) is 0 Å². The number of hydrogen-bond acceptors (Lipinski definition) is 4. The largest absolute Gasteiger partial charge is 0.488 e. The van der Waals surface area contributed by atoms with Gasteiger partial charge in [0.1, 0.15) is 12.4 Å². The van der Waals surface area contributed by atoms with Gasteiger partial charge in [-0.3, -0.25) is 0 Å². The van der Waals surface area contributed by atoms with Gasteiger partial charge in [0.15, 0.2) is 0 Å². The zero-order valence-corrected chi connectivity index (χ0v) is 15.5. The number of carboxylic acid groups (broad SMARTS) is 1. The molecule has 0 radical (unpaired) electrons. The van der Waals surface area contributed by atoms with Crippen LogP contribution in [0.5, 0.6) is 5.75 Å². The van der Waals surface area contributed by atoms with E-state index in [0.29, 0.717) is 12.3 Å². The maximum Gasteiger partial charge on any atom is 0.344 e. The molecule has 0 saturated heterocycles. The highest BCUT2D eigenvalue weighted by atomic mass is 16.6. The number of carbonyl (C=O) groups is 1. The summed E-state index contributed by atoms with van der Waals surface area (Å²) in [6, 6.07) is 25.8. The Balaban J connectivity index is 1.74. The lowest BCUT2D eigenvalue weighted by molar-refractivity contribution is -0.142. The monoisotopic (exact) mass is 375 g/mol. The summed E-state index contributed by atoms with van der Waals surface area (Å²) in [5, 5.41) is 12.4. The first-order valence-electron chi connectivity index (χ1n) is 8.88. The molecule has 0 atom stereocenters. The van der Waals surface area contributed by atoms with E-state index >= 15 is 0 Å². The molecule has 0 aliphatic rings. The molecule has 0 heterocycles. The third kappa shape index (κ3) is 5.20. The topological polar surface area (TPSA) is 68.1 Å². The summed E-state index contributed by atoms with van der Waals surface area (Å²) < 4.78 is 6.03. The van der Waals surface area contributed by atoms with Crippen LogP contribution >= 0.6 is 0 Å². The normalized spacial score (nSPS) is 11.1. The van der Waals surface area contributed by atoms with Crippen molar-refractivity contribution in [1.29, 1.82) is 0 Å². The van der Waals surface area contributed by atoms with E-state index in [4.69, 9.17) is 14.7 Å². The van der Waals surface area contributed by atoms with Crippen LogP contribution in [0.2, 0.25) is 0 Å². The number of carboxylic acids is 1. The minimum Gasteiger partial charge on any atom is -0.488 e. The van der Waals surface area contributed by atoms with Gasteiger partial charge in [-0.25, -0.2) is 4.79 Å². The van der Waals surface area contributed by atoms with Crippen molar-refractivity contribution >= 4 is 11.7 Å². The highest BCUT2D eigenvalue weighted by Gasteiger charge is 2.07. The van der Waals surface area contributed by atoms with Crippen molar-refractivity contribution in [3.63, 3.8) is 0 Å². The second-order valence-corrected chi connectivity index (χ2v) is 6.19. The predicted octanol–water partition coefficient (Wildman–Crippen LogP) is 4.76. The summed E-state index contributed by atoms with van der Waals surface area (Å²) in [5.74, 6) is -0.242. The maximum absolute atomic E-state index is 10.5. The molecule has 3 rings (SSSR count). The van der Waals surface area contributed by atoms with Crippen molar-refractivity contribution in [1.82, 2.24) is 0 Å². The van der Waals surface area contributed by atoms with Crippen LogP contribution in [0.25, 0.3) is 11.1 Å². The molecule has 142 valence electrons. The Morgan fingerprint density at radius 3 is 2.32 bits per heavy atom. The van der Waals surface area contributed by atoms with Gasteiger partial charge in [-0.05, 0) is 29.7 Å². The summed E-state index contributed by atoms with van der Waals surface area (Å²) >= 11 is 0. The fourth-order valence-corrected chi connectivity index (χ4v) is 2.69. The standard InChI is InChI=1S/C23H21NO4/c1-17(24-28-16-23(25)26)19-11-13-20(14-12-19)21-9-5-6-10-22(21)27-15-18-7-3-2-4-8-18/h2-14H,15-16H2,1H3,(H,25,26)/b24-17+. The first-order valence-corrected chi connectivity index (χ1v) is 8.88. The molecule has 5 nitrogen and oxygen atoms in total. The highest BCUT2D eigenvalue weighted by molar-refractivity contribution is 5.98. The van der Waals surface area contributed by atoms with Gasteiger partial charge < -0.3 is 14.7 Å². The fraction of sp³-hybridized carbons (Fsp3) is 0.130. The average Bonchev–Trinajstić information content (AvgIpc) is 2.73. The van der Waals surface area contributed by atoms with Crippen molar-refractivity contribution in [2.24, 2.45) is 5.16 Å². The smallest absolute Gasteiger partial charge is 0.344 e. The zero-order chi connectivity index (χ0) is 19.8. The van der Waals surface area contributed by atoms with Crippen LogP contribution in [0.15, 0.2) is 84.0 Å². The third-order valence-electron chi connectivity index (χ3n) is 4.13. The summed E-state index contributed by atoms with van der Waals surface area (Å²) in [6.07, 6.45) is 0. The van der Waals surface area contributed by atoms with Gasteiger partial charge in [0.2, 0.25) is 6.61 Å². The first kappa shape index (κ1) is 19.2. The predicted molar refractivity (Wildman–Crippen MR) is 108 cm³/mol. The van der Waals surface area contributed by atoms with Crippen LogP contribution in [0.1, 0.15) is 18.1 Å². The van der Waals surface area contributed by atoms with E-state index in [2.05, 4.69) is 5.16 Å². The summed E-state index contributed by atoms with van der Waals surface area (Å²) in [7, 11) is 0. The van der Waals surface area contributed by atoms with Crippen molar-refractivity contribution in [2.75, 3.05) is 6.61 Å². The molecule has 0 unspecified atom stereocenters. The Morgan fingerprint density at radius 1 is 0.929 bits per heavy atom. The molecule has 0 aromatic heterocycles. The number of benzene rings is 3. The lowest BCUT2D eigenvalue weighted by Crippen LogP contribution is -2.05. The molecular weight excluding hydrogens is 354 g/mol. The average molecular weight is 375 g/mol. The molecule has 0 aliphatic heterocycles. The van der Waals surface area contributed by atoms with Crippen molar-refractivity contribution in [2.45, 2.75) is 13.5 Å². The van der Waals surface area contributed by atoms with E-state index in [-0.39, 0.29) is 0 Å². The number of hydrogen-bond donors (Lipinski definition) is 1. The molecule has 0 amide bonds. The maximum atomic E-state index is 10.5. The Labute approximate surface area is 163 Å². The molecule has 0 fully saturated rings. The molecule has 0 aliphatic carbocycles. The van der Waals surface area contributed by atoms with E-state index in [9.17, 15) is 4.79 Å². The van der Waals surface area contributed by atoms with Crippen LogP contribution in [-0.4, -0.2) is 23.4 Å². The molecule has 0 bridgehead atoms. The van der Waals surface area contributed by atoms with E-state index in [0.717, 1.165) is 28.0 Å². The van der Waals surface area contributed by atoms with E-state index < -0.39 is 12.6 Å². The summed E-state index contributed by atoms with van der Waals surface area (Å²) in [6.45, 7) is 1.82. The van der Waals surface area contributed by atoms with Gasteiger partial charge in [0.25, 0.3) is 0 Å². The highest BCUT2D eigenvalue weighted by Crippen LogP contribution is 2.30. The number of ether oxygens (including phenoxy) is 1. The van der Waals surface area contributed by atoms with Gasteiger partial charge in [-0.2, -0.15) is 0 Å². The Kier molecular flexibility index (Phi) is 6.41. The summed E-state index contributed by atoms with van der Waals surface area (Å²) in [5.41, 5.74) is 4.60. The molecule has 1 N–H and O–H groups in total. The van der Waals surface area contributed by atoms with E-state index in [1.807, 2.05) is 78.9 Å². The number of oxime groups is 1. The van der Waals surface area contributed by atoms with Crippen LogP contribution in [0.4, 0.5) is 0 Å². The lowest BCUT2D eigenvalue weighted by atomic mass is 10.0. The molecule has 28 heavy (non-hydrogen) atoms. The number of aliphatic carboxylic acids is 1. The number of nitrogens with zero attached hydrogens (tertiary/aromatic N) is 1. The molecule has 0 spiro atoms. The Hall–Kier alpha value is -3.60. The van der Waals surface area contributed by atoms with E-state index in [1.54, 1.807) is 6.92 Å². The van der Waals surface area contributed by atoms with Crippen LogP contribution in [0.3, 0.4) is 0 Å². The second-order valence-electron chi connectivity index (χ2n) is 6.19. The summed E-state index contributed by atoms with van der Waals surface area (Å²) in [4.78, 5) is 15.3. The molecule has 0 saturated carbocycles. The third-order valence-corrected chi connectivity index (χ3v) is 4.13. The second kappa shape index (κ2) is 9.37. The SMILES string of the molecule is C/C(=N\OCC(=O)O)c1ccc(-c2ccccc2OCc2ccccc2)cc1. The minimum absolute atomic E-state index is 0.457. The Morgan fingerprint density at radius 2 is 1.61 bits per heavy atom. The fourth-order valence-electron chi connectivity index (χ4n) is 2.69.